The van der Waals surface area contributed by atoms with Crippen LogP contribution in [-0.4, -0.2) is 36.5 Å². The molecule has 1 saturated heterocycles. The van der Waals surface area contributed by atoms with Gasteiger partial charge in [-0.25, -0.2) is 4.72 Å². The van der Waals surface area contributed by atoms with Gasteiger partial charge in [0.25, 0.3) is 0 Å². The molecule has 0 radical (unpaired) electrons. The summed E-state index contributed by atoms with van der Waals surface area (Å²) in [5.74, 6) is 0.867. The molecule has 1 unspecified atom stereocenters. The molecule has 0 bridgehead atoms. The second kappa shape index (κ2) is 10.8. The van der Waals surface area contributed by atoms with E-state index in [1.54, 1.807) is 0 Å². The smallest absolute Gasteiger partial charge is 0.240 e. The van der Waals surface area contributed by atoms with Crippen LogP contribution in [0.3, 0.4) is 0 Å². The van der Waals surface area contributed by atoms with E-state index >= 15 is 0 Å². The van der Waals surface area contributed by atoms with Crippen molar-refractivity contribution in [1.82, 2.24) is 9.62 Å². The largest absolute Gasteiger partial charge is 0.341 e. The molecule has 29 heavy (non-hydrogen) atoms. The van der Waals surface area contributed by atoms with Crippen LogP contribution in [-0.2, 0) is 11.2 Å². The molecule has 0 spiro atoms. The molecule has 1 heterocycles. The highest BCUT2D eigenvalue weighted by molar-refractivity contribution is 7.97. The first-order valence-electron chi connectivity index (χ1n) is 10.7. The number of hydrogen-bond donors (Lipinski definition) is 2. The van der Waals surface area contributed by atoms with Crippen molar-refractivity contribution in [2.45, 2.75) is 50.5 Å². The van der Waals surface area contributed by atoms with Gasteiger partial charge in [0.05, 0.1) is 6.04 Å². The van der Waals surface area contributed by atoms with Gasteiger partial charge in [0.2, 0.25) is 5.91 Å². The molecule has 0 aliphatic carbocycles. The Kier molecular flexibility index (Phi) is 8.16. The zero-order valence-corrected chi connectivity index (χ0v) is 18.4. The van der Waals surface area contributed by atoms with Crippen molar-refractivity contribution in [3.05, 3.63) is 54.1 Å². The second-order valence-corrected chi connectivity index (χ2v) is 8.78. The minimum Gasteiger partial charge on any atom is -0.341 e. The fourth-order valence-corrected chi connectivity index (χ4v) is 4.58. The number of carbonyl (C=O) groups is 1. The molecular formula is C24H33N3OS. The van der Waals surface area contributed by atoms with E-state index < -0.39 is 0 Å². The van der Waals surface area contributed by atoms with Crippen LogP contribution in [0, 0.1) is 5.92 Å². The Morgan fingerprint density at radius 1 is 1.17 bits per heavy atom. The van der Waals surface area contributed by atoms with Crippen molar-refractivity contribution in [2.24, 2.45) is 11.7 Å². The third-order valence-electron chi connectivity index (χ3n) is 5.75. The minimum absolute atomic E-state index is 0.190. The molecule has 1 fully saturated rings. The molecule has 1 atom stereocenters. The molecule has 2 aromatic rings. The predicted molar refractivity (Wildman–Crippen MR) is 123 cm³/mol. The molecule has 2 aromatic carbocycles. The molecule has 5 heteroatoms. The average Bonchev–Trinajstić information content (AvgIpc) is 2.78. The normalized spacial score (nSPS) is 16.0. The number of nitrogens with two attached hydrogens (primary N) is 1. The molecule has 3 N–H and O–H groups in total. The van der Waals surface area contributed by atoms with Gasteiger partial charge >= 0.3 is 0 Å². The number of amides is 1. The number of hydrogen-bond acceptors (Lipinski definition) is 4. The minimum atomic E-state index is -0.210. The van der Waals surface area contributed by atoms with Crippen LogP contribution < -0.4 is 10.5 Å². The fraction of sp³-hybridized carbons (Fsp3) is 0.458. The summed E-state index contributed by atoms with van der Waals surface area (Å²) >= 11 is 1.53. The van der Waals surface area contributed by atoms with Crippen LogP contribution in [0.5, 0.6) is 0 Å². The van der Waals surface area contributed by atoms with E-state index in [1.807, 2.05) is 11.8 Å². The summed E-state index contributed by atoms with van der Waals surface area (Å²) in [4.78, 5) is 15.9. The summed E-state index contributed by atoms with van der Waals surface area (Å²) in [6.45, 7) is 6.57. The Bertz CT molecular complexity index is 785. The van der Waals surface area contributed by atoms with Gasteiger partial charge < -0.3 is 10.6 Å². The van der Waals surface area contributed by atoms with Crippen molar-refractivity contribution in [1.29, 1.82) is 0 Å². The standard InChI is InChI=1S/C24H33N3OS/c1-3-19-7-9-21(10-8-19)22-5-4-6-23(17-22)29-26-18(2)24(28)27-15-12-20(11-14-25)13-16-27/h4-10,17-18,20,26H,3,11-16,25H2,1-2H3. The molecule has 3 rings (SSSR count). The van der Waals surface area contributed by atoms with Crippen molar-refractivity contribution in [3.8, 4) is 11.1 Å². The van der Waals surface area contributed by atoms with Gasteiger partial charge in [-0.3, -0.25) is 4.79 Å². The Morgan fingerprint density at radius 3 is 2.55 bits per heavy atom. The molecule has 4 nitrogen and oxygen atoms in total. The summed E-state index contributed by atoms with van der Waals surface area (Å²) in [5.41, 5.74) is 9.42. The lowest BCUT2D eigenvalue weighted by Crippen LogP contribution is -2.46. The maximum Gasteiger partial charge on any atom is 0.240 e. The van der Waals surface area contributed by atoms with Gasteiger partial charge in [-0.2, -0.15) is 0 Å². The number of rotatable bonds is 8. The first-order chi connectivity index (χ1) is 14.1. The lowest BCUT2D eigenvalue weighted by atomic mass is 9.93. The highest BCUT2D eigenvalue weighted by Gasteiger charge is 2.25. The lowest BCUT2D eigenvalue weighted by Gasteiger charge is -2.33. The summed E-state index contributed by atoms with van der Waals surface area (Å²) in [5, 5.41) is 0. The molecule has 156 valence electrons. The third kappa shape index (κ3) is 6.08. The van der Waals surface area contributed by atoms with E-state index in [0.29, 0.717) is 5.92 Å². The maximum atomic E-state index is 12.8. The highest BCUT2D eigenvalue weighted by Crippen LogP contribution is 2.26. The number of aryl methyl sites for hydroxylation is 1. The van der Waals surface area contributed by atoms with Crippen LogP contribution in [0.4, 0.5) is 0 Å². The lowest BCUT2D eigenvalue weighted by molar-refractivity contribution is -0.133. The van der Waals surface area contributed by atoms with Gasteiger partial charge in [-0.15, -0.1) is 0 Å². The van der Waals surface area contributed by atoms with E-state index in [4.69, 9.17) is 5.73 Å². The van der Waals surface area contributed by atoms with E-state index in [0.717, 1.165) is 50.2 Å². The van der Waals surface area contributed by atoms with Crippen molar-refractivity contribution >= 4 is 17.9 Å². The predicted octanol–water partition coefficient (Wildman–Crippen LogP) is 4.49. The van der Waals surface area contributed by atoms with Crippen LogP contribution in [0.25, 0.3) is 11.1 Å². The topological polar surface area (TPSA) is 58.4 Å². The zero-order valence-electron chi connectivity index (χ0n) is 17.6. The summed E-state index contributed by atoms with van der Waals surface area (Å²) in [6.07, 6.45) is 4.27. The number of piperidine rings is 1. The Balaban J connectivity index is 1.53. The van der Waals surface area contributed by atoms with Crippen molar-refractivity contribution in [2.75, 3.05) is 19.6 Å². The quantitative estimate of drug-likeness (QED) is 0.629. The number of benzene rings is 2. The number of nitrogens with zero attached hydrogens (tertiary/aromatic N) is 1. The van der Waals surface area contributed by atoms with E-state index in [1.165, 1.54) is 28.6 Å². The summed E-state index contributed by atoms with van der Waals surface area (Å²) in [6, 6.07) is 17.0. The maximum absolute atomic E-state index is 12.8. The first kappa shape index (κ1) is 21.9. The van der Waals surface area contributed by atoms with Gasteiger partial charge in [0.1, 0.15) is 0 Å². The Labute approximate surface area is 179 Å². The monoisotopic (exact) mass is 411 g/mol. The van der Waals surface area contributed by atoms with Crippen molar-refractivity contribution in [3.63, 3.8) is 0 Å². The van der Waals surface area contributed by atoms with Crippen LogP contribution >= 0.6 is 11.9 Å². The second-order valence-electron chi connectivity index (χ2n) is 7.87. The first-order valence-corrected chi connectivity index (χ1v) is 11.5. The van der Waals surface area contributed by atoms with Crippen LogP contribution in [0.1, 0.15) is 38.7 Å². The third-order valence-corrected chi connectivity index (χ3v) is 6.72. The molecular weight excluding hydrogens is 378 g/mol. The Morgan fingerprint density at radius 2 is 1.90 bits per heavy atom. The van der Waals surface area contributed by atoms with Gasteiger partial charge in [-0.1, -0.05) is 43.3 Å². The zero-order chi connectivity index (χ0) is 20.6. The molecule has 1 aliphatic heterocycles. The highest BCUT2D eigenvalue weighted by atomic mass is 32.2. The van der Waals surface area contributed by atoms with Crippen LogP contribution in [0.15, 0.2) is 53.4 Å². The van der Waals surface area contributed by atoms with E-state index in [9.17, 15) is 4.79 Å². The Hall–Kier alpha value is -1.82. The van der Waals surface area contributed by atoms with Gasteiger partial charge in [0.15, 0.2) is 0 Å². The molecule has 0 saturated carbocycles. The van der Waals surface area contributed by atoms with E-state index in [2.05, 4.69) is 60.2 Å². The summed E-state index contributed by atoms with van der Waals surface area (Å²) in [7, 11) is 0. The average molecular weight is 412 g/mol. The summed E-state index contributed by atoms with van der Waals surface area (Å²) < 4.78 is 3.33. The molecule has 0 aromatic heterocycles. The fourth-order valence-electron chi connectivity index (χ4n) is 3.83. The molecule has 1 aliphatic rings. The van der Waals surface area contributed by atoms with Gasteiger partial charge in [0, 0.05) is 18.0 Å². The van der Waals surface area contributed by atoms with E-state index in [-0.39, 0.29) is 11.9 Å². The number of carbonyl (C=O) groups excluding carboxylic acids is 1. The SMILES string of the molecule is CCc1ccc(-c2cccc(SNC(C)C(=O)N3CCC(CCN)CC3)c2)cc1. The van der Waals surface area contributed by atoms with Gasteiger partial charge in [-0.05, 0) is 85.8 Å². The van der Waals surface area contributed by atoms with Crippen LogP contribution in [0.2, 0.25) is 0 Å². The van der Waals surface area contributed by atoms with Crippen molar-refractivity contribution < 1.29 is 4.79 Å². The number of nitrogens with one attached hydrogen (secondary N) is 1. The molecule has 1 amide bonds. The number of likely N-dealkylation sites (tertiary alicyclic amines) is 1.